The molecule has 18 heavy (non-hydrogen) atoms. The van der Waals surface area contributed by atoms with E-state index in [1.54, 1.807) is 0 Å². The summed E-state index contributed by atoms with van der Waals surface area (Å²) in [5.41, 5.74) is 0.970. The van der Waals surface area contributed by atoms with Crippen LogP contribution in [0.1, 0.15) is 31.4 Å². The summed E-state index contributed by atoms with van der Waals surface area (Å²) in [6.45, 7) is 3.07. The fourth-order valence-electron chi connectivity index (χ4n) is 2.23. The van der Waals surface area contributed by atoms with E-state index in [4.69, 9.17) is 5.11 Å². The predicted octanol–water partition coefficient (Wildman–Crippen LogP) is 1.57. The summed E-state index contributed by atoms with van der Waals surface area (Å²) in [6, 6.07) is 2.60. The van der Waals surface area contributed by atoms with Crippen LogP contribution in [0.2, 0.25) is 0 Å². The van der Waals surface area contributed by atoms with Gasteiger partial charge in [-0.05, 0) is 32.6 Å². The molecule has 100 valence electrons. The van der Waals surface area contributed by atoms with E-state index in [2.05, 4.69) is 20.2 Å². The summed E-state index contributed by atoms with van der Waals surface area (Å²) in [4.78, 5) is 11.2. The highest BCUT2D eigenvalue weighted by Gasteiger charge is 2.26. The average molecular weight is 250 g/mol. The van der Waals surface area contributed by atoms with Crippen molar-refractivity contribution in [3.8, 4) is 0 Å². The number of nitrogens with zero attached hydrogens (tertiary/aromatic N) is 3. The van der Waals surface area contributed by atoms with Gasteiger partial charge < -0.3 is 15.3 Å². The first kappa shape index (κ1) is 13.1. The van der Waals surface area contributed by atoms with E-state index in [9.17, 15) is 0 Å². The van der Waals surface area contributed by atoms with Gasteiger partial charge in [-0.15, -0.1) is 0 Å². The van der Waals surface area contributed by atoms with E-state index in [0.717, 1.165) is 24.5 Å². The van der Waals surface area contributed by atoms with Crippen LogP contribution >= 0.6 is 0 Å². The van der Waals surface area contributed by atoms with E-state index >= 15 is 0 Å². The van der Waals surface area contributed by atoms with Crippen molar-refractivity contribution in [1.29, 1.82) is 0 Å². The van der Waals surface area contributed by atoms with E-state index in [-0.39, 0.29) is 6.61 Å². The Kier molecular flexibility index (Phi) is 4.36. The number of aliphatic hydroxyl groups is 1. The van der Waals surface area contributed by atoms with Crippen molar-refractivity contribution in [2.24, 2.45) is 0 Å². The molecule has 0 unspecified atom stereocenters. The molecule has 0 amide bonds. The number of nitrogens with one attached hydrogen (secondary N) is 1. The highest BCUT2D eigenvalue weighted by molar-refractivity contribution is 5.46. The lowest BCUT2D eigenvalue weighted by molar-refractivity contribution is 0.282. The molecule has 0 bridgehead atoms. The van der Waals surface area contributed by atoms with Crippen LogP contribution in [0.4, 0.5) is 11.8 Å². The molecule has 2 N–H and O–H groups in total. The van der Waals surface area contributed by atoms with Gasteiger partial charge in [-0.25, -0.2) is 4.98 Å². The van der Waals surface area contributed by atoms with Crippen molar-refractivity contribution < 1.29 is 5.11 Å². The number of aryl methyl sites for hydroxylation is 1. The van der Waals surface area contributed by atoms with Gasteiger partial charge in [0.25, 0.3) is 0 Å². The molecule has 0 spiro atoms. The predicted molar refractivity (Wildman–Crippen MR) is 73.0 cm³/mol. The molecule has 0 atom stereocenters. The fraction of sp³-hybridized carbons (Fsp3) is 0.692. The topological polar surface area (TPSA) is 61.3 Å². The second-order valence-corrected chi connectivity index (χ2v) is 4.80. The summed E-state index contributed by atoms with van der Waals surface area (Å²) in [6.07, 6.45) is 4.53. The molecule has 1 aliphatic rings. The fourth-order valence-corrected chi connectivity index (χ4v) is 2.23. The third kappa shape index (κ3) is 2.90. The zero-order valence-corrected chi connectivity index (χ0v) is 11.2. The maximum atomic E-state index is 9.02. The van der Waals surface area contributed by atoms with Crippen molar-refractivity contribution in [1.82, 2.24) is 9.97 Å². The molecule has 1 aliphatic carbocycles. The van der Waals surface area contributed by atoms with Crippen molar-refractivity contribution in [3.63, 3.8) is 0 Å². The summed E-state index contributed by atoms with van der Waals surface area (Å²) in [5, 5.41) is 12.0. The Balaban J connectivity index is 2.19. The zero-order valence-electron chi connectivity index (χ0n) is 11.2. The molecule has 0 aliphatic heterocycles. The summed E-state index contributed by atoms with van der Waals surface area (Å²) in [5.74, 6) is 1.64. The van der Waals surface area contributed by atoms with Gasteiger partial charge in [0.05, 0.1) is 0 Å². The van der Waals surface area contributed by atoms with Crippen LogP contribution in [-0.2, 0) is 0 Å². The molecular formula is C13H22N4O. The van der Waals surface area contributed by atoms with Gasteiger partial charge >= 0.3 is 0 Å². The minimum absolute atomic E-state index is 0.228. The number of aromatic nitrogens is 2. The Hall–Kier alpha value is -1.36. The molecule has 2 rings (SSSR count). The van der Waals surface area contributed by atoms with Crippen LogP contribution in [0.15, 0.2) is 6.07 Å². The van der Waals surface area contributed by atoms with E-state index in [1.807, 2.05) is 20.0 Å². The van der Waals surface area contributed by atoms with Gasteiger partial charge in [-0.2, -0.15) is 4.98 Å². The third-order valence-corrected chi connectivity index (χ3v) is 3.43. The monoisotopic (exact) mass is 250 g/mol. The number of anilines is 2. The quantitative estimate of drug-likeness (QED) is 0.802. The Bertz CT molecular complexity index is 393. The molecule has 1 aromatic heterocycles. The SMILES string of the molecule is CNc1nc(C)cc(N(CCCO)C2CCC2)n1. The lowest BCUT2D eigenvalue weighted by Gasteiger charge is -2.38. The van der Waals surface area contributed by atoms with Gasteiger partial charge in [-0.1, -0.05) is 0 Å². The van der Waals surface area contributed by atoms with Crippen LogP contribution in [0.5, 0.6) is 0 Å². The largest absolute Gasteiger partial charge is 0.396 e. The van der Waals surface area contributed by atoms with Gasteiger partial charge in [0.15, 0.2) is 0 Å². The number of rotatable bonds is 6. The maximum absolute atomic E-state index is 9.02. The van der Waals surface area contributed by atoms with Crippen LogP contribution in [-0.4, -0.2) is 41.3 Å². The van der Waals surface area contributed by atoms with E-state index < -0.39 is 0 Å². The first-order chi connectivity index (χ1) is 8.74. The Morgan fingerprint density at radius 3 is 2.78 bits per heavy atom. The Morgan fingerprint density at radius 1 is 1.44 bits per heavy atom. The van der Waals surface area contributed by atoms with Crippen molar-refractivity contribution in [2.75, 3.05) is 30.4 Å². The summed E-state index contributed by atoms with van der Waals surface area (Å²) < 4.78 is 0. The standard InChI is InChI=1S/C13H22N4O/c1-10-9-12(16-13(14-2)15-10)17(7-4-8-18)11-5-3-6-11/h9,11,18H,3-8H2,1-2H3,(H,14,15,16). The molecule has 0 aromatic carbocycles. The second-order valence-electron chi connectivity index (χ2n) is 4.80. The minimum atomic E-state index is 0.228. The van der Waals surface area contributed by atoms with Crippen molar-refractivity contribution >= 4 is 11.8 Å². The lowest BCUT2D eigenvalue weighted by Crippen LogP contribution is -2.41. The minimum Gasteiger partial charge on any atom is -0.396 e. The van der Waals surface area contributed by atoms with Crippen molar-refractivity contribution in [2.45, 2.75) is 38.6 Å². The molecule has 1 saturated carbocycles. The zero-order chi connectivity index (χ0) is 13.0. The van der Waals surface area contributed by atoms with Gasteiger partial charge in [0.2, 0.25) is 5.95 Å². The number of hydrogen-bond acceptors (Lipinski definition) is 5. The van der Waals surface area contributed by atoms with Crippen LogP contribution in [0.3, 0.4) is 0 Å². The molecule has 0 saturated heterocycles. The van der Waals surface area contributed by atoms with Crippen molar-refractivity contribution in [3.05, 3.63) is 11.8 Å². The number of aliphatic hydroxyl groups excluding tert-OH is 1. The van der Waals surface area contributed by atoms with Gasteiger partial charge in [0.1, 0.15) is 5.82 Å². The van der Waals surface area contributed by atoms with Gasteiger partial charge in [-0.3, -0.25) is 0 Å². The van der Waals surface area contributed by atoms with Crippen LogP contribution in [0.25, 0.3) is 0 Å². The summed E-state index contributed by atoms with van der Waals surface area (Å²) in [7, 11) is 1.83. The van der Waals surface area contributed by atoms with Crippen LogP contribution < -0.4 is 10.2 Å². The highest BCUT2D eigenvalue weighted by atomic mass is 16.3. The normalized spacial score (nSPS) is 15.3. The first-order valence-corrected chi connectivity index (χ1v) is 6.65. The highest BCUT2D eigenvalue weighted by Crippen LogP contribution is 2.29. The van der Waals surface area contributed by atoms with Gasteiger partial charge in [0, 0.05) is 38.0 Å². The van der Waals surface area contributed by atoms with E-state index in [1.165, 1.54) is 19.3 Å². The molecule has 0 radical (unpaired) electrons. The number of hydrogen-bond donors (Lipinski definition) is 2. The van der Waals surface area contributed by atoms with Crippen LogP contribution in [0, 0.1) is 6.92 Å². The smallest absolute Gasteiger partial charge is 0.224 e. The molecule has 5 heteroatoms. The Labute approximate surface area is 108 Å². The average Bonchev–Trinajstić information content (AvgIpc) is 2.31. The molecular weight excluding hydrogens is 228 g/mol. The Morgan fingerprint density at radius 2 is 2.22 bits per heavy atom. The molecule has 1 heterocycles. The van der Waals surface area contributed by atoms with E-state index in [0.29, 0.717) is 12.0 Å². The third-order valence-electron chi connectivity index (χ3n) is 3.43. The second kappa shape index (κ2) is 6.00. The molecule has 1 aromatic rings. The maximum Gasteiger partial charge on any atom is 0.224 e. The first-order valence-electron chi connectivity index (χ1n) is 6.65. The lowest BCUT2D eigenvalue weighted by atomic mass is 9.91. The molecule has 5 nitrogen and oxygen atoms in total. The molecule has 1 fully saturated rings. The summed E-state index contributed by atoms with van der Waals surface area (Å²) >= 11 is 0.